The highest BCUT2D eigenvalue weighted by Gasteiger charge is 2.05. The molecule has 0 atom stereocenters. The lowest BCUT2D eigenvalue weighted by Gasteiger charge is -2.03. The van der Waals surface area contributed by atoms with Crippen molar-refractivity contribution in [2.45, 2.75) is 0 Å². The number of benzene rings is 1. The summed E-state index contributed by atoms with van der Waals surface area (Å²) in [7, 11) is 0. The first-order valence-corrected chi connectivity index (χ1v) is 4.35. The molecule has 0 spiro atoms. The van der Waals surface area contributed by atoms with Gasteiger partial charge in [-0.15, -0.1) is 11.6 Å². The average Bonchev–Trinajstić information content (AvgIpc) is 2.09. The minimum Gasteiger partial charge on any atom is -0.323 e. The molecule has 0 radical (unpaired) electrons. The van der Waals surface area contributed by atoms with E-state index in [2.05, 4.69) is 5.32 Å². The number of carbonyl (C=O) groups excluding carboxylic acids is 1. The maximum absolute atomic E-state index is 13.0. The fourth-order valence-electron chi connectivity index (χ4n) is 0.774. The van der Waals surface area contributed by atoms with Crippen molar-refractivity contribution in [3.8, 4) is 0 Å². The number of rotatable bonds is 2. The molecule has 0 saturated carbocycles. The van der Waals surface area contributed by atoms with Crippen molar-refractivity contribution in [3.05, 3.63) is 29.0 Å². The van der Waals surface area contributed by atoms with Gasteiger partial charge in [0.1, 0.15) is 11.7 Å². The molecule has 0 aliphatic rings. The number of carbonyl (C=O) groups is 1. The summed E-state index contributed by atoms with van der Waals surface area (Å²) in [5.41, 5.74) is 0.0788. The van der Waals surface area contributed by atoms with Crippen molar-refractivity contribution in [3.63, 3.8) is 0 Å². The van der Waals surface area contributed by atoms with Crippen LogP contribution in [-0.2, 0) is 4.79 Å². The molecule has 0 aliphatic heterocycles. The van der Waals surface area contributed by atoms with Gasteiger partial charge in [-0.2, -0.15) is 0 Å². The van der Waals surface area contributed by atoms with Crippen molar-refractivity contribution >= 4 is 34.8 Å². The van der Waals surface area contributed by atoms with Crippen molar-refractivity contribution in [2.75, 3.05) is 11.2 Å². The number of amides is 1. The molecule has 1 N–H and O–H groups in total. The lowest BCUT2D eigenvalue weighted by Crippen LogP contribution is -2.13. The maximum Gasteiger partial charge on any atom is 0.239 e. The number of anilines is 1. The fourth-order valence-corrected chi connectivity index (χ4v) is 1.00. The van der Waals surface area contributed by atoms with Crippen molar-refractivity contribution in [2.24, 2.45) is 0 Å². The van der Waals surface area contributed by atoms with Gasteiger partial charge in [-0.05, 0) is 18.2 Å². The maximum atomic E-state index is 13.0. The number of halogens is 3. The molecular weight excluding hydrogens is 216 g/mol. The van der Waals surface area contributed by atoms with Crippen LogP contribution in [0.2, 0.25) is 5.02 Å². The van der Waals surface area contributed by atoms with E-state index in [1.165, 1.54) is 12.1 Å². The third-order valence-electron chi connectivity index (χ3n) is 1.33. The van der Waals surface area contributed by atoms with Crippen LogP contribution in [0.15, 0.2) is 18.2 Å². The molecule has 13 heavy (non-hydrogen) atoms. The van der Waals surface area contributed by atoms with E-state index in [1.54, 1.807) is 0 Å². The van der Waals surface area contributed by atoms with Crippen molar-refractivity contribution in [1.82, 2.24) is 0 Å². The van der Waals surface area contributed by atoms with E-state index in [9.17, 15) is 9.18 Å². The normalized spacial score (nSPS) is 9.77. The molecule has 0 saturated heterocycles. The molecule has 0 aromatic heterocycles. The van der Waals surface area contributed by atoms with Gasteiger partial charge in [-0.3, -0.25) is 4.79 Å². The Labute approximate surface area is 84.6 Å². The first-order chi connectivity index (χ1) is 6.13. The van der Waals surface area contributed by atoms with Crippen LogP contribution in [0.4, 0.5) is 10.1 Å². The first kappa shape index (κ1) is 10.3. The van der Waals surface area contributed by atoms with Gasteiger partial charge in [0.2, 0.25) is 5.91 Å². The summed E-state index contributed by atoms with van der Waals surface area (Å²) in [6.07, 6.45) is 0. The largest absolute Gasteiger partial charge is 0.323 e. The van der Waals surface area contributed by atoms with E-state index in [1.807, 2.05) is 0 Å². The Bertz CT molecular complexity index is 330. The summed E-state index contributed by atoms with van der Waals surface area (Å²) >= 11 is 10.7. The Morgan fingerprint density at radius 1 is 1.54 bits per heavy atom. The van der Waals surface area contributed by atoms with Gasteiger partial charge in [-0.25, -0.2) is 4.39 Å². The topological polar surface area (TPSA) is 29.1 Å². The molecule has 0 bridgehead atoms. The van der Waals surface area contributed by atoms with Crippen LogP contribution in [0.5, 0.6) is 0 Å². The molecule has 0 heterocycles. The van der Waals surface area contributed by atoms with Crippen LogP contribution in [-0.4, -0.2) is 11.8 Å². The summed E-state index contributed by atoms with van der Waals surface area (Å²) in [6, 6.07) is 3.97. The second-order valence-electron chi connectivity index (χ2n) is 2.31. The van der Waals surface area contributed by atoms with Crippen LogP contribution in [0.1, 0.15) is 0 Å². The standard InChI is InChI=1S/C8H6Cl2FNO/c9-4-8(13)12-7-2-1-5(10)3-6(7)11/h1-3H,4H2,(H,12,13). The Balaban J connectivity index is 2.83. The van der Waals surface area contributed by atoms with Gasteiger partial charge in [0, 0.05) is 5.02 Å². The quantitative estimate of drug-likeness (QED) is 0.765. The molecule has 1 rings (SSSR count). The summed E-state index contributed by atoms with van der Waals surface area (Å²) in [5.74, 6) is -1.24. The third-order valence-corrected chi connectivity index (χ3v) is 1.80. The molecule has 5 heteroatoms. The van der Waals surface area contributed by atoms with Crippen LogP contribution in [0.3, 0.4) is 0 Å². The van der Waals surface area contributed by atoms with Gasteiger partial charge in [0.05, 0.1) is 5.69 Å². The van der Waals surface area contributed by atoms with E-state index in [0.29, 0.717) is 0 Å². The third kappa shape index (κ3) is 2.86. The number of hydrogen-bond acceptors (Lipinski definition) is 1. The number of hydrogen-bond donors (Lipinski definition) is 1. The van der Waals surface area contributed by atoms with Crippen LogP contribution in [0, 0.1) is 5.82 Å². The highest BCUT2D eigenvalue weighted by molar-refractivity contribution is 6.31. The van der Waals surface area contributed by atoms with Gasteiger partial charge < -0.3 is 5.32 Å². The highest BCUT2D eigenvalue weighted by Crippen LogP contribution is 2.18. The molecule has 70 valence electrons. The molecule has 0 unspecified atom stereocenters. The van der Waals surface area contributed by atoms with E-state index >= 15 is 0 Å². The Morgan fingerprint density at radius 3 is 2.77 bits per heavy atom. The van der Waals surface area contributed by atoms with E-state index in [0.717, 1.165) is 6.07 Å². The van der Waals surface area contributed by atoms with Crippen LogP contribution < -0.4 is 5.32 Å². The van der Waals surface area contributed by atoms with Gasteiger partial charge in [0.25, 0.3) is 0 Å². The fraction of sp³-hybridized carbons (Fsp3) is 0.125. The van der Waals surface area contributed by atoms with E-state index in [4.69, 9.17) is 23.2 Å². The van der Waals surface area contributed by atoms with E-state index in [-0.39, 0.29) is 16.6 Å². The Kier molecular flexibility index (Phi) is 3.51. The molecule has 1 amide bonds. The molecule has 1 aromatic carbocycles. The highest BCUT2D eigenvalue weighted by atomic mass is 35.5. The van der Waals surface area contributed by atoms with Crippen LogP contribution in [0.25, 0.3) is 0 Å². The summed E-state index contributed by atoms with van der Waals surface area (Å²) in [6.45, 7) is 0. The lowest BCUT2D eigenvalue weighted by molar-refractivity contribution is -0.113. The van der Waals surface area contributed by atoms with Gasteiger partial charge in [0.15, 0.2) is 0 Å². The zero-order chi connectivity index (χ0) is 9.84. The molecule has 1 aromatic rings. The summed E-state index contributed by atoms with van der Waals surface area (Å²) < 4.78 is 13.0. The molecule has 0 aliphatic carbocycles. The minimum atomic E-state index is -0.578. The molecule has 2 nitrogen and oxygen atoms in total. The average molecular weight is 222 g/mol. The number of nitrogens with one attached hydrogen (secondary N) is 1. The lowest BCUT2D eigenvalue weighted by atomic mass is 10.3. The molecular formula is C8H6Cl2FNO. The predicted octanol–water partition coefficient (Wildman–Crippen LogP) is 2.66. The van der Waals surface area contributed by atoms with Gasteiger partial charge in [-0.1, -0.05) is 11.6 Å². The first-order valence-electron chi connectivity index (χ1n) is 3.44. The number of alkyl halides is 1. The second-order valence-corrected chi connectivity index (χ2v) is 3.01. The van der Waals surface area contributed by atoms with Crippen molar-refractivity contribution < 1.29 is 9.18 Å². The summed E-state index contributed by atoms with van der Waals surface area (Å²) in [5, 5.41) is 2.56. The zero-order valence-electron chi connectivity index (χ0n) is 6.48. The van der Waals surface area contributed by atoms with Crippen LogP contribution >= 0.6 is 23.2 Å². The zero-order valence-corrected chi connectivity index (χ0v) is 7.99. The predicted molar refractivity (Wildman–Crippen MR) is 50.8 cm³/mol. The van der Waals surface area contributed by atoms with E-state index < -0.39 is 11.7 Å². The SMILES string of the molecule is O=C(CCl)Nc1ccc(Cl)cc1F. The summed E-state index contributed by atoms with van der Waals surface area (Å²) in [4.78, 5) is 10.8. The van der Waals surface area contributed by atoms with Crippen molar-refractivity contribution in [1.29, 1.82) is 0 Å². The van der Waals surface area contributed by atoms with Gasteiger partial charge >= 0.3 is 0 Å². The monoisotopic (exact) mass is 221 g/mol. The minimum absolute atomic E-state index is 0.0788. The Hall–Kier alpha value is -0.800. The Morgan fingerprint density at radius 2 is 2.23 bits per heavy atom. The smallest absolute Gasteiger partial charge is 0.239 e. The second kappa shape index (κ2) is 4.44. The molecule has 0 fully saturated rings.